The molecule has 26 heavy (non-hydrogen) atoms. The molecule has 2 saturated carbocycles. The Morgan fingerprint density at radius 2 is 1.35 bits per heavy atom. The van der Waals surface area contributed by atoms with Crippen LogP contribution in [0.5, 0.6) is 0 Å². The van der Waals surface area contributed by atoms with Crippen LogP contribution in [0.4, 0.5) is 0 Å². The summed E-state index contributed by atoms with van der Waals surface area (Å²) in [6.45, 7) is 2.62. The number of rotatable bonds is 4. The second kappa shape index (κ2) is 8.43. The van der Waals surface area contributed by atoms with Crippen LogP contribution in [0.2, 0.25) is 0 Å². The predicted octanol–water partition coefficient (Wildman–Crippen LogP) is 7.80. The molecule has 3 aliphatic carbocycles. The molecule has 0 radical (unpaired) electrons. The van der Waals surface area contributed by atoms with Crippen LogP contribution in [0.25, 0.3) is 0 Å². The first-order chi connectivity index (χ1) is 12.8. The van der Waals surface area contributed by atoms with E-state index < -0.39 is 0 Å². The van der Waals surface area contributed by atoms with Gasteiger partial charge in [0, 0.05) is 11.1 Å². The molecule has 0 bridgehead atoms. The molecule has 2 atom stereocenters. The van der Waals surface area contributed by atoms with Gasteiger partial charge in [0.2, 0.25) is 0 Å². The predicted molar refractivity (Wildman–Crippen MR) is 117 cm³/mol. The van der Waals surface area contributed by atoms with E-state index in [2.05, 4.69) is 61.6 Å². The third-order valence-electron chi connectivity index (χ3n) is 7.13. The fraction of sp³-hybridized carbons (Fsp3) is 0.600. The highest BCUT2D eigenvalue weighted by Gasteiger charge is 2.46. The molecule has 140 valence electrons. The van der Waals surface area contributed by atoms with Crippen molar-refractivity contribution >= 4 is 7.92 Å². The first-order valence-electron chi connectivity index (χ1n) is 11.0. The van der Waals surface area contributed by atoms with E-state index in [-0.39, 0.29) is 7.92 Å². The van der Waals surface area contributed by atoms with Crippen LogP contribution >= 0.6 is 7.92 Å². The molecule has 0 nitrogen and oxygen atoms in total. The summed E-state index contributed by atoms with van der Waals surface area (Å²) in [4.78, 5) is 0. The van der Waals surface area contributed by atoms with Gasteiger partial charge in [-0.2, -0.15) is 0 Å². The molecule has 0 heterocycles. The van der Waals surface area contributed by atoms with E-state index in [1.165, 1.54) is 69.8 Å². The lowest BCUT2D eigenvalue weighted by Gasteiger charge is -2.51. The highest BCUT2D eigenvalue weighted by molar-refractivity contribution is 7.61. The zero-order valence-electron chi connectivity index (χ0n) is 16.4. The molecule has 2 unspecified atom stereocenters. The maximum Gasteiger partial charge on any atom is 0.0167 e. The average molecular weight is 367 g/mol. The Morgan fingerprint density at radius 1 is 0.769 bits per heavy atom. The number of benzene rings is 1. The highest BCUT2D eigenvalue weighted by atomic mass is 31.1. The van der Waals surface area contributed by atoms with Gasteiger partial charge in [-0.15, -0.1) is 0 Å². The van der Waals surface area contributed by atoms with Crippen molar-refractivity contribution in [2.24, 2.45) is 0 Å². The fourth-order valence-corrected chi connectivity index (χ4v) is 10.7. The Morgan fingerprint density at radius 3 is 1.92 bits per heavy atom. The Labute approximate surface area is 161 Å². The molecule has 0 aromatic heterocycles. The van der Waals surface area contributed by atoms with Crippen LogP contribution in [0.3, 0.4) is 0 Å². The van der Waals surface area contributed by atoms with E-state index in [1.54, 1.807) is 0 Å². The molecule has 0 aliphatic heterocycles. The molecule has 1 aromatic rings. The van der Waals surface area contributed by atoms with E-state index in [1.807, 2.05) is 0 Å². The van der Waals surface area contributed by atoms with Crippen molar-refractivity contribution in [2.75, 3.05) is 0 Å². The van der Waals surface area contributed by atoms with Crippen LogP contribution in [0.15, 0.2) is 54.6 Å². The molecule has 0 saturated heterocycles. The third-order valence-corrected chi connectivity index (χ3v) is 11.3. The number of hydrogen-bond acceptors (Lipinski definition) is 0. The van der Waals surface area contributed by atoms with Crippen LogP contribution in [-0.2, 0) is 0 Å². The van der Waals surface area contributed by atoms with Gasteiger partial charge in [0.05, 0.1) is 0 Å². The second-order valence-electron chi connectivity index (χ2n) is 8.85. The quantitative estimate of drug-likeness (QED) is 0.477. The summed E-state index contributed by atoms with van der Waals surface area (Å²) >= 11 is 0. The lowest BCUT2D eigenvalue weighted by atomic mass is 9.83. The van der Waals surface area contributed by atoms with Gasteiger partial charge in [0.1, 0.15) is 0 Å². The summed E-state index contributed by atoms with van der Waals surface area (Å²) in [6, 6.07) is 11.3. The van der Waals surface area contributed by atoms with Crippen molar-refractivity contribution in [3.63, 3.8) is 0 Å². The van der Waals surface area contributed by atoms with Crippen molar-refractivity contribution < 1.29 is 0 Å². The normalized spacial score (nSPS) is 30.8. The van der Waals surface area contributed by atoms with E-state index in [9.17, 15) is 0 Å². The molecule has 0 spiro atoms. The first kappa shape index (κ1) is 18.5. The summed E-state index contributed by atoms with van der Waals surface area (Å²) in [5, 5.41) is 0.329. The zero-order chi connectivity index (χ0) is 17.8. The number of allylic oxidation sites excluding steroid dienone is 4. The van der Waals surface area contributed by atoms with Crippen molar-refractivity contribution in [2.45, 2.75) is 93.5 Å². The third kappa shape index (κ3) is 3.73. The van der Waals surface area contributed by atoms with E-state index in [0.717, 1.165) is 11.3 Å². The monoisotopic (exact) mass is 366 g/mol. The maximum absolute atomic E-state index is 2.62. The summed E-state index contributed by atoms with van der Waals surface area (Å²) in [5.41, 5.74) is 3.51. The van der Waals surface area contributed by atoms with Crippen molar-refractivity contribution in [1.29, 1.82) is 0 Å². The molecule has 1 aromatic carbocycles. The Hall–Kier alpha value is -0.870. The van der Waals surface area contributed by atoms with E-state index in [4.69, 9.17) is 0 Å². The first-order valence-corrected chi connectivity index (χ1v) is 12.5. The summed E-state index contributed by atoms with van der Waals surface area (Å²) < 4.78 is 0. The lowest BCUT2D eigenvalue weighted by molar-refractivity contribution is 0.472. The topological polar surface area (TPSA) is 0 Å². The van der Waals surface area contributed by atoms with Crippen LogP contribution < -0.4 is 0 Å². The smallest absolute Gasteiger partial charge is 0.0167 e. The van der Waals surface area contributed by atoms with Crippen molar-refractivity contribution in [3.8, 4) is 0 Å². The van der Waals surface area contributed by atoms with Crippen LogP contribution in [-0.4, -0.2) is 16.5 Å². The summed E-state index contributed by atoms with van der Waals surface area (Å²) in [7, 11) is 0.00181. The van der Waals surface area contributed by atoms with E-state index in [0.29, 0.717) is 11.1 Å². The van der Waals surface area contributed by atoms with Gasteiger partial charge in [-0.25, -0.2) is 0 Å². The lowest BCUT2D eigenvalue weighted by Crippen LogP contribution is -2.38. The Bertz CT molecular complexity index is 601. The van der Waals surface area contributed by atoms with Crippen LogP contribution in [0, 0.1) is 0 Å². The average Bonchev–Trinajstić information content (AvgIpc) is 2.71. The highest BCUT2D eigenvalue weighted by Crippen LogP contribution is 2.68. The standard InChI is InChI=1S/C25H35P/c1-25(20-12-11-19-24(25)21-13-5-2-6-14-21)26(22-15-7-3-8-16-22)23-17-9-4-10-18-23/h2,5-6,11-14,19-20,22-24H,3-4,7-10,15-18H2,1H3. The fourth-order valence-electron chi connectivity index (χ4n) is 5.88. The van der Waals surface area contributed by atoms with Crippen molar-refractivity contribution in [3.05, 3.63) is 60.2 Å². The second-order valence-corrected chi connectivity index (χ2v) is 12.1. The SMILES string of the molecule is CC1(P(C2CCCCC2)C2CCCCC2)C=CC=CC1c1ccccc1. The molecule has 4 rings (SSSR count). The van der Waals surface area contributed by atoms with Crippen molar-refractivity contribution in [1.82, 2.24) is 0 Å². The van der Waals surface area contributed by atoms with Gasteiger partial charge in [-0.05, 0) is 42.6 Å². The molecular formula is C25H35P. The van der Waals surface area contributed by atoms with E-state index >= 15 is 0 Å². The molecule has 0 amide bonds. The Balaban J connectivity index is 1.71. The zero-order valence-corrected chi connectivity index (χ0v) is 17.3. The summed E-state index contributed by atoms with van der Waals surface area (Å²) in [5.74, 6) is 0.559. The molecule has 0 N–H and O–H groups in total. The largest absolute Gasteiger partial charge is 0.0894 e. The molecule has 1 heteroatoms. The molecule has 3 aliphatic rings. The minimum absolute atomic E-state index is 0.00181. The van der Waals surface area contributed by atoms with Crippen LogP contribution in [0.1, 0.15) is 82.6 Å². The summed E-state index contributed by atoms with van der Waals surface area (Å²) in [6.07, 6.45) is 24.6. The number of hydrogen-bond donors (Lipinski definition) is 0. The van der Waals surface area contributed by atoms with Gasteiger partial charge >= 0.3 is 0 Å². The van der Waals surface area contributed by atoms with Gasteiger partial charge in [0.15, 0.2) is 0 Å². The Kier molecular flexibility index (Phi) is 6.00. The molecular weight excluding hydrogens is 331 g/mol. The minimum atomic E-state index is 0.00181. The van der Waals surface area contributed by atoms with Gasteiger partial charge in [-0.1, -0.05) is 108 Å². The van der Waals surface area contributed by atoms with Gasteiger partial charge in [-0.3, -0.25) is 0 Å². The minimum Gasteiger partial charge on any atom is -0.0894 e. The van der Waals surface area contributed by atoms with Gasteiger partial charge < -0.3 is 0 Å². The van der Waals surface area contributed by atoms with Gasteiger partial charge in [0.25, 0.3) is 0 Å². The maximum atomic E-state index is 2.62. The molecule has 2 fully saturated rings.